The highest BCUT2D eigenvalue weighted by atomic mass is 15.5. The normalized spacial score (nSPS) is 12.8. The van der Waals surface area contributed by atoms with Crippen LogP contribution in [0.4, 0.5) is 0 Å². The standard InChI is InChI=1S/C16H25N5/c1-5-6-14-7-9-15(10-8-14)21-16(18-19-20-21)13(4)17-11-12(2)3/h7-10,12-13,17H,5-6,11H2,1-4H3. The Kier molecular flexibility index (Phi) is 5.44. The molecule has 0 fully saturated rings. The van der Waals surface area contributed by atoms with E-state index < -0.39 is 0 Å². The zero-order valence-electron chi connectivity index (χ0n) is 13.4. The fourth-order valence-corrected chi connectivity index (χ4v) is 2.24. The van der Waals surface area contributed by atoms with Gasteiger partial charge in [-0.1, -0.05) is 39.3 Å². The molecule has 0 bridgehead atoms. The molecule has 5 heteroatoms. The number of nitrogens with zero attached hydrogens (tertiary/aromatic N) is 4. The summed E-state index contributed by atoms with van der Waals surface area (Å²) in [5.74, 6) is 1.45. The molecular weight excluding hydrogens is 262 g/mol. The van der Waals surface area contributed by atoms with Gasteiger partial charge in [0.25, 0.3) is 0 Å². The van der Waals surface area contributed by atoms with E-state index in [1.165, 1.54) is 5.56 Å². The van der Waals surface area contributed by atoms with Gasteiger partial charge in [0.1, 0.15) is 0 Å². The lowest BCUT2D eigenvalue weighted by atomic mass is 10.1. The Morgan fingerprint density at radius 3 is 2.48 bits per heavy atom. The monoisotopic (exact) mass is 287 g/mol. The van der Waals surface area contributed by atoms with Crippen molar-refractivity contribution in [3.05, 3.63) is 35.7 Å². The van der Waals surface area contributed by atoms with E-state index >= 15 is 0 Å². The lowest BCUT2D eigenvalue weighted by Crippen LogP contribution is -2.25. The summed E-state index contributed by atoms with van der Waals surface area (Å²) in [5, 5.41) is 15.6. The molecule has 114 valence electrons. The molecule has 0 saturated carbocycles. The molecule has 21 heavy (non-hydrogen) atoms. The average molecular weight is 287 g/mol. The Balaban J connectivity index is 2.15. The van der Waals surface area contributed by atoms with Crippen molar-refractivity contribution in [2.45, 2.75) is 46.6 Å². The van der Waals surface area contributed by atoms with Gasteiger partial charge in [0, 0.05) is 0 Å². The van der Waals surface area contributed by atoms with E-state index in [0.29, 0.717) is 5.92 Å². The molecule has 1 aromatic heterocycles. The van der Waals surface area contributed by atoms with Crippen molar-refractivity contribution in [2.75, 3.05) is 6.54 Å². The Bertz CT molecular complexity index is 544. The van der Waals surface area contributed by atoms with Gasteiger partial charge >= 0.3 is 0 Å². The maximum atomic E-state index is 4.17. The van der Waals surface area contributed by atoms with Gasteiger partial charge in [-0.3, -0.25) is 0 Å². The molecule has 1 aromatic carbocycles. The van der Waals surface area contributed by atoms with Gasteiger partial charge in [0.2, 0.25) is 0 Å². The van der Waals surface area contributed by atoms with Crippen LogP contribution in [0.5, 0.6) is 0 Å². The molecule has 1 unspecified atom stereocenters. The first-order valence-corrected chi connectivity index (χ1v) is 7.72. The molecule has 5 nitrogen and oxygen atoms in total. The Morgan fingerprint density at radius 1 is 1.14 bits per heavy atom. The van der Waals surface area contributed by atoms with E-state index in [0.717, 1.165) is 30.9 Å². The minimum absolute atomic E-state index is 0.123. The minimum atomic E-state index is 0.123. The number of nitrogens with one attached hydrogen (secondary N) is 1. The summed E-state index contributed by atoms with van der Waals surface area (Å²) in [6, 6.07) is 8.59. The van der Waals surface area contributed by atoms with Crippen molar-refractivity contribution in [2.24, 2.45) is 5.92 Å². The van der Waals surface area contributed by atoms with Crippen LogP contribution in [0.2, 0.25) is 0 Å². The largest absolute Gasteiger partial charge is 0.307 e. The molecular formula is C16H25N5. The number of benzene rings is 1. The fourth-order valence-electron chi connectivity index (χ4n) is 2.24. The van der Waals surface area contributed by atoms with Gasteiger partial charge in [-0.25, -0.2) is 0 Å². The van der Waals surface area contributed by atoms with Gasteiger partial charge in [0.05, 0.1) is 11.7 Å². The van der Waals surface area contributed by atoms with Gasteiger partial charge < -0.3 is 5.32 Å². The third-order valence-electron chi connectivity index (χ3n) is 3.43. The van der Waals surface area contributed by atoms with Crippen molar-refractivity contribution in [1.82, 2.24) is 25.5 Å². The number of hydrogen-bond donors (Lipinski definition) is 1. The summed E-state index contributed by atoms with van der Waals surface area (Å²) in [4.78, 5) is 0. The molecule has 1 N–H and O–H groups in total. The first kappa shape index (κ1) is 15.6. The van der Waals surface area contributed by atoms with E-state index in [4.69, 9.17) is 0 Å². The van der Waals surface area contributed by atoms with Crippen LogP contribution in [0.3, 0.4) is 0 Å². The number of aromatic nitrogens is 4. The smallest absolute Gasteiger partial charge is 0.173 e. The molecule has 2 rings (SSSR count). The van der Waals surface area contributed by atoms with Crippen LogP contribution in [0, 0.1) is 5.92 Å². The lowest BCUT2D eigenvalue weighted by Gasteiger charge is -2.15. The van der Waals surface area contributed by atoms with Crippen LogP contribution in [-0.4, -0.2) is 26.8 Å². The summed E-state index contributed by atoms with van der Waals surface area (Å²) in [6.45, 7) is 9.61. The van der Waals surface area contributed by atoms with E-state index in [1.807, 2.05) is 4.68 Å². The van der Waals surface area contributed by atoms with Crippen LogP contribution in [0.25, 0.3) is 5.69 Å². The van der Waals surface area contributed by atoms with E-state index in [1.54, 1.807) is 0 Å². The fraction of sp³-hybridized carbons (Fsp3) is 0.562. The molecule has 0 radical (unpaired) electrons. The van der Waals surface area contributed by atoms with Crippen LogP contribution in [-0.2, 0) is 6.42 Å². The molecule has 0 aliphatic heterocycles. The first-order valence-electron chi connectivity index (χ1n) is 7.72. The highest BCUT2D eigenvalue weighted by Crippen LogP contribution is 2.15. The van der Waals surface area contributed by atoms with Crippen LogP contribution in [0.15, 0.2) is 24.3 Å². The van der Waals surface area contributed by atoms with Crippen molar-refractivity contribution >= 4 is 0 Å². The highest BCUT2D eigenvalue weighted by Gasteiger charge is 2.15. The molecule has 2 aromatic rings. The van der Waals surface area contributed by atoms with Gasteiger partial charge in [0.15, 0.2) is 5.82 Å². The molecule has 0 saturated heterocycles. The van der Waals surface area contributed by atoms with Crippen molar-refractivity contribution in [3.63, 3.8) is 0 Å². The van der Waals surface area contributed by atoms with Crippen molar-refractivity contribution < 1.29 is 0 Å². The second-order valence-electron chi connectivity index (χ2n) is 5.89. The third-order valence-corrected chi connectivity index (χ3v) is 3.43. The van der Waals surface area contributed by atoms with Crippen LogP contribution in [0.1, 0.15) is 51.5 Å². The van der Waals surface area contributed by atoms with Crippen LogP contribution < -0.4 is 5.32 Å². The van der Waals surface area contributed by atoms with Crippen LogP contribution >= 0.6 is 0 Å². The molecule has 0 aliphatic rings. The highest BCUT2D eigenvalue weighted by molar-refractivity contribution is 5.34. The molecule has 1 atom stereocenters. The maximum Gasteiger partial charge on any atom is 0.173 e. The minimum Gasteiger partial charge on any atom is -0.307 e. The predicted molar refractivity (Wildman–Crippen MR) is 84.4 cm³/mol. The zero-order chi connectivity index (χ0) is 15.2. The maximum absolute atomic E-state index is 4.17. The van der Waals surface area contributed by atoms with Gasteiger partial charge in [-0.05, 0) is 53.9 Å². The van der Waals surface area contributed by atoms with Gasteiger partial charge in [-0.15, -0.1) is 5.10 Å². The number of rotatable bonds is 7. The van der Waals surface area contributed by atoms with E-state index in [2.05, 4.69) is 72.8 Å². The summed E-state index contributed by atoms with van der Waals surface area (Å²) in [7, 11) is 0. The van der Waals surface area contributed by atoms with E-state index in [9.17, 15) is 0 Å². The SMILES string of the molecule is CCCc1ccc(-n2nnnc2C(C)NCC(C)C)cc1. The van der Waals surface area contributed by atoms with Crippen molar-refractivity contribution in [1.29, 1.82) is 0 Å². The van der Waals surface area contributed by atoms with Gasteiger partial charge in [-0.2, -0.15) is 4.68 Å². The quantitative estimate of drug-likeness (QED) is 0.850. The summed E-state index contributed by atoms with van der Waals surface area (Å²) in [5.41, 5.74) is 2.36. The lowest BCUT2D eigenvalue weighted by molar-refractivity contribution is 0.475. The molecule has 0 amide bonds. The Labute approximate surface area is 126 Å². The molecule has 0 aliphatic carbocycles. The second-order valence-corrected chi connectivity index (χ2v) is 5.89. The molecule has 1 heterocycles. The number of hydrogen-bond acceptors (Lipinski definition) is 4. The zero-order valence-corrected chi connectivity index (χ0v) is 13.4. The topological polar surface area (TPSA) is 55.6 Å². The number of tetrazole rings is 1. The number of aryl methyl sites for hydroxylation is 1. The van der Waals surface area contributed by atoms with E-state index in [-0.39, 0.29) is 6.04 Å². The molecule has 0 spiro atoms. The van der Waals surface area contributed by atoms with Crippen molar-refractivity contribution in [3.8, 4) is 5.69 Å². The third kappa shape index (κ3) is 4.11. The average Bonchev–Trinajstić information content (AvgIpc) is 2.95. The first-order chi connectivity index (χ1) is 10.1. The Hall–Kier alpha value is -1.75. The summed E-state index contributed by atoms with van der Waals surface area (Å²) in [6.07, 6.45) is 2.26. The second kappa shape index (κ2) is 7.31. The Morgan fingerprint density at radius 2 is 1.86 bits per heavy atom. The summed E-state index contributed by atoms with van der Waals surface area (Å²) >= 11 is 0. The summed E-state index contributed by atoms with van der Waals surface area (Å²) < 4.78 is 1.81. The predicted octanol–water partition coefficient (Wildman–Crippen LogP) is 2.92.